The van der Waals surface area contributed by atoms with Crippen molar-refractivity contribution in [2.24, 2.45) is 17.4 Å². The van der Waals surface area contributed by atoms with Crippen LogP contribution in [-0.4, -0.2) is 68.8 Å². The van der Waals surface area contributed by atoms with Crippen LogP contribution in [0.25, 0.3) is 0 Å². The summed E-state index contributed by atoms with van der Waals surface area (Å²) in [6, 6.07) is -4.33. The molecule has 1 heterocycles. The van der Waals surface area contributed by atoms with Gasteiger partial charge in [0.25, 0.3) is 0 Å². The summed E-state index contributed by atoms with van der Waals surface area (Å²) >= 11 is 0. The number of hydrogen-bond donors (Lipinski definition) is 7. The van der Waals surface area contributed by atoms with Crippen LogP contribution in [0.1, 0.15) is 45.7 Å². The molecular weight excluding hydrogens is 434 g/mol. The lowest BCUT2D eigenvalue weighted by atomic mass is 9.97. The number of H-pyrrole nitrogens is 1. The fourth-order valence-corrected chi connectivity index (χ4v) is 2.90. The summed E-state index contributed by atoms with van der Waals surface area (Å²) in [6.07, 6.45) is 3.29. The number of hydrogen-bond acceptors (Lipinski definition) is 7. The second-order valence-electron chi connectivity index (χ2n) is 7.89. The van der Waals surface area contributed by atoms with Gasteiger partial charge in [-0.15, -0.1) is 0 Å². The van der Waals surface area contributed by atoms with E-state index in [1.54, 1.807) is 13.8 Å². The van der Waals surface area contributed by atoms with E-state index < -0.39 is 53.8 Å². The maximum absolute atomic E-state index is 12.7. The van der Waals surface area contributed by atoms with Crippen molar-refractivity contribution in [1.82, 2.24) is 25.9 Å². The number of carboxylic acids is 1. The Kier molecular flexibility index (Phi) is 11.0. The van der Waals surface area contributed by atoms with Crippen molar-refractivity contribution in [3.8, 4) is 0 Å². The summed E-state index contributed by atoms with van der Waals surface area (Å²) in [5.41, 5.74) is 11.6. The van der Waals surface area contributed by atoms with Gasteiger partial charge in [0.1, 0.15) is 18.1 Å². The third-order valence-electron chi connectivity index (χ3n) is 5.17. The van der Waals surface area contributed by atoms with E-state index in [2.05, 4.69) is 25.9 Å². The smallest absolute Gasteiger partial charge is 0.326 e. The molecule has 33 heavy (non-hydrogen) atoms. The molecule has 1 aromatic rings. The molecule has 184 valence electrons. The highest BCUT2D eigenvalue weighted by Gasteiger charge is 2.31. The number of aliphatic carboxylic acids is 1. The van der Waals surface area contributed by atoms with Crippen molar-refractivity contribution in [2.75, 3.05) is 0 Å². The van der Waals surface area contributed by atoms with Crippen LogP contribution >= 0.6 is 0 Å². The van der Waals surface area contributed by atoms with Gasteiger partial charge in [-0.2, -0.15) is 0 Å². The van der Waals surface area contributed by atoms with Crippen molar-refractivity contribution >= 4 is 29.6 Å². The van der Waals surface area contributed by atoms with Crippen molar-refractivity contribution < 1.29 is 29.1 Å². The summed E-state index contributed by atoms with van der Waals surface area (Å²) in [6.45, 7) is 4.96. The topological polar surface area (TPSA) is 222 Å². The predicted octanol–water partition coefficient (Wildman–Crippen LogP) is -1.85. The minimum Gasteiger partial charge on any atom is -0.480 e. The van der Waals surface area contributed by atoms with Crippen LogP contribution in [0.5, 0.6) is 0 Å². The molecule has 0 fully saturated rings. The lowest BCUT2D eigenvalue weighted by molar-refractivity contribution is -0.143. The summed E-state index contributed by atoms with van der Waals surface area (Å²) in [4.78, 5) is 66.8. The Bertz CT molecular complexity index is 829. The van der Waals surface area contributed by atoms with Gasteiger partial charge in [0.05, 0.1) is 12.4 Å². The molecular formula is C20H33N7O6. The van der Waals surface area contributed by atoms with Gasteiger partial charge in [-0.3, -0.25) is 19.2 Å². The summed E-state index contributed by atoms with van der Waals surface area (Å²) in [5, 5.41) is 16.7. The van der Waals surface area contributed by atoms with Gasteiger partial charge in [0.15, 0.2) is 0 Å². The zero-order valence-corrected chi connectivity index (χ0v) is 19.0. The molecule has 9 N–H and O–H groups in total. The first-order valence-electron chi connectivity index (χ1n) is 10.6. The largest absolute Gasteiger partial charge is 0.480 e. The second-order valence-corrected chi connectivity index (χ2v) is 7.89. The molecule has 0 spiro atoms. The van der Waals surface area contributed by atoms with Crippen LogP contribution in [0.15, 0.2) is 12.5 Å². The summed E-state index contributed by atoms with van der Waals surface area (Å²) < 4.78 is 0. The molecule has 13 heteroatoms. The lowest BCUT2D eigenvalue weighted by Crippen LogP contribution is -2.58. The minimum absolute atomic E-state index is 0.182. The van der Waals surface area contributed by atoms with Gasteiger partial charge in [0.2, 0.25) is 23.6 Å². The molecule has 0 saturated heterocycles. The van der Waals surface area contributed by atoms with Crippen molar-refractivity contribution in [2.45, 2.75) is 70.6 Å². The Morgan fingerprint density at radius 1 is 1.09 bits per heavy atom. The van der Waals surface area contributed by atoms with Crippen molar-refractivity contribution in [1.29, 1.82) is 0 Å². The van der Waals surface area contributed by atoms with Gasteiger partial charge in [-0.25, -0.2) is 9.78 Å². The van der Waals surface area contributed by atoms with Crippen molar-refractivity contribution in [3.05, 3.63) is 18.2 Å². The zero-order valence-electron chi connectivity index (χ0n) is 19.0. The van der Waals surface area contributed by atoms with E-state index in [1.165, 1.54) is 19.4 Å². The molecule has 0 bridgehead atoms. The highest BCUT2D eigenvalue weighted by Crippen LogP contribution is 2.10. The monoisotopic (exact) mass is 467 g/mol. The Balaban J connectivity index is 2.76. The molecule has 0 aliphatic heterocycles. The van der Waals surface area contributed by atoms with Gasteiger partial charge in [-0.1, -0.05) is 20.3 Å². The Morgan fingerprint density at radius 3 is 2.27 bits per heavy atom. The first kappa shape index (κ1) is 27.6. The summed E-state index contributed by atoms with van der Waals surface area (Å²) in [5.74, 6) is -4.28. The molecule has 5 unspecified atom stereocenters. The number of aromatic amines is 1. The maximum Gasteiger partial charge on any atom is 0.326 e. The number of carboxylic acid groups (broad SMARTS) is 1. The molecule has 0 aromatic carbocycles. The fourth-order valence-electron chi connectivity index (χ4n) is 2.90. The van der Waals surface area contributed by atoms with Gasteiger partial charge in [-0.05, 0) is 19.3 Å². The highest BCUT2D eigenvalue weighted by molar-refractivity contribution is 5.94. The quantitative estimate of drug-likeness (QED) is 0.164. The van der Waals surface area contributed by atoms with E-state index >= 15 is 0 Å². The molecule has 4 amide bonds. The number of nitrogens with one attached hydrogen (secondary N) is 4. The van der Waals surface area contributed by atoms with Crippen LogP contribution in [0.2, 0.25) is 0 Å². The molecule has 1 rings (SSSR count). The van der Waals surface area contributed by atoms with E-state index in [4.69, 9.17) is 11.5 Å². The van der Waals surface area contributed by atoms with Crippen molar-refractivity contribution in [3.63, 3.8) is 0 Å². The number of aromatic nitrogens is 2. The van der Waals surface area contributed by atoms with Gasteiger partial charge in [0, 0.05) is 24.7 Å². The maximum atomic E-state index is 12.7. The standard InChI is InChI=1S/C20H33N7O6/c1-4-10(2)16(19(31)26-14(20(32)33)5-6-15(22)28)27-17(29)11(3)25-18(30)13(21)7-12-8-23-9-24-12/h8-11,13-14,16H,4-7,21H2,1-3H3,(H2,22,28)(H,23,24)(H,25,30)(H,26,31)(H,27,29)(H,32,33). The Hall–Kier alpha value is -3.48. The van der Waals surface area contributed by atoms with Crippen LogP contribution in [0.3, 0.4) is 0 Å². The molecule has 5 atom stereocenters. The average molecular weight is 468 g/mol. The first-order chi connectivity index (χ1) is 15.5. The van der Waals surface area contributed by atoms with Crippen LogP contribution in [0.4, 0.5) is 0 Å². The van der Waals surface area contributed by atoms with Crippen LogP contribution in [0, 0.1) is 5.92 Å². The van der Waals surface area contributed by atoms with E-state index in [-0.39, 0.29) is 25.2 Å². The van der Waals surface area contributed by atoms with E-state index in [0.29, 0.717) is 12.1 Å². The number of carbonyl (C=O) groups excluding carboxylic acids is 4. The number of primary amides is 1. The SMILES string of the molecule is CCC(C)C(NC(=O)C(C)NC(=O)C(N)Cc1cnc[nH]1)C(=O)NC(CCC(N)=O)C(=O)O. The van der Waals surface area contributed by atoms with Crippen LogP contribution < -0.4 is 27.4 Å². The zero-order chi connectivity index (χ0) is 25.1. The molecule has 0 saturated carbocycles. The number of carbonyl (C=O) groups is 5. The highest BCUT2D eigenvalue weighted by atomic mass is 16.4. The predicted molar refractivity (Wildman–Crippen MR) is 117 cm³/mol. The molecule has 0 aliphatic rings. The number of rotatable bonds is 14. The Morgan fingerprint density at radius 2 is 1.76 bits per heavy atom. The lowest BCUT2D eigenvalue weighted by Gasteiger charge is -2.27. The van der Waals surface area contributed by atoms with E-state index in [1.807, 2.05) is 0 Å². The Labute approximate surface area is 191 Å². The molecule has 0 aliphatic carbocycles. The molecule has 1 aromatic heterocycles. The first-order valence-corrected chi connectivity index (χ1v) is 10.6. The average Bonchev–Trinajstić information content (AvgIpc) is 3.26. The minimum atomic E-state index is -1.34. The van der Waals surface area contributed by atoms with Crippen LogP contribution in [-0.2, 0) is 30.4 Å². The van der Waals surface area contributed by atoms with E-state index in [0.717, 1.165) is 0 Å². The third kappa shape index (κ3) is 9.27. The number of nitrogens with two attached hydrogens (primary N) is 2. The summed E-state index contributed by atoms with van der Waals surface area (Å²) in [7, 11) is 0. The number of imidazole rings is 1. The molecule has 0 radical (unpaired) electrons. The van der Waals surface area contributed by atoms with Gasteiger partial charge < -0.3 is 37.5 Å². The normalized spacial score (nSPS) is 15.4. The number of nitrogens with zero attached hydrogens (tertiary/aromatic N) is 1. The van der Waals surface area contributed by atoms with E-state index in [9.17, 15) is 29.1 Å². The number of amides is 4. The fraction of sp³-hybridized carbons (Fsp3) is 0.600. The van der Waals surface area contributed by atoms with Gasteiger partial charge >= 0.3 is 5.97 Å². The second kappa shape index (κ2) is 13.2. The molecule has 13 nitrogen and oxygen atoms in total. The third-order valence-corrected chi connectivity index (χ3v) is 5.17.